The van der Waals surface area contributed by atoms with E-state index in [4.69, 9.17) is 20.8 Å². The van der Waals surface area contributed by atoms with Crippen LogP contribution in [0.4, 0.5) is 4.39 Å². The molecule has 22 heavy (non-hydrogen) atoms. The first-order valence-corrected chi connectivity index (χ1v) is 8.58. The van der Waals surface area contributed by atoms with E-state index < -0.39 is 0 Å². The molecule has 1 fully saturated rings. The first kappa shape index (κ1) is 15.8. The molecule has 0 radical (unpaired) electrons. The Bertz CT molecular complexity index is 612. The van der Waals surface area contributed by atoms with Gasteiger partial charge in [0.25, 0.3) is 5.22 Å². The molecule has 1 aliphatic heterocycles. The maximum atomic E-state index is 13.7. The normalized spacial score (nSPS) is 18.5. The van der Waals surface area contributed by atoms with E-state index in [-0.39, 0.29) is 18.3 Å². The average Bonchev–Trinajstić information content (AvgIpc) is 2.98. The largest absolute Gasteiger partial charge is 0.416 e. The topological polar surface area (TPSA) is 48.2 Å². The monoisotopic (exact) mass is 342 g/mol. The quantitative estimate of drug-likeness (QED) is 0.765. The number of benzene rings is 1. The minimum atomic E-state index is -0.365. The van der Waals surface area contributed by atoms with Crippen LogP contribution in [0.5, 0.6) is 0 Å². The van der Waals surface area contributed by atoms with E-state index in [0.29, 0.717) is 21.7 Å². The second-order valence-corrected chi connectivity index (χ2v) is 6.52. The summed E-state index contributed by atoms with van der Waals surface area (Å²) in [5.41, 5.74) is 0.375. The standard InChI is InChI=1S/C15H16ClFN2O2S/c16-12-5-3-6-13(17)11(12)8-14-18-19-15(21-14)22-9-10-4-1-2-7-20-10/h3,5-6,10H,1-2,4,7-9H2/t10-/m0/s1. The summed E-state index contributed by atoms with van der Waals surface area (Å²) in [5.74, 6) is 0.789. The summed E-state index contributed by atoms with van der Waals surface area (Å²) in [4.78, 5) is 0. The average molecular weight is 343 g/mol. The Labute approximate surface area is 137 Å². The Morgan fingerprint density at radius 1 is 1.32 bits per heavy atom. The van der Waals surface area contributed by atoms with E-state index in [1.54, 1.807) is 12.1 Å². The van der Waals surface area contributed by atoms with Crippen molar-refractivity contribution in [2.24, 2.45) is 0 Å². The molecule has 4 nitrogen and oxygen atoms in total. The second-order valence-electron chi connectivity index (χ2n) is 5.14. The second kappa shape index (κ2) is 7.44. The molecule has 0 spiro atoms. The molecular weight excluding hydrogens is 327 g/mol. The summed E-state index contributed by atoms with van der Waals surface area (Å²) in [6, 6.07) is 4.58. The summed E-state index contributed by atoms with van der Waals surface area (Å²) in [6.07, 6.45) is 3.84. The Morgan fingerprint density at radius 3 is 3.00 bits per heavy atom. The maximum absolute atomic E-state index is 13.7. The predicted molar refractivity (Wildman–Crippen MR) is 82.8 cm³/mol. The van der Waals surface area contributed by atoms with Crippen molar-refractivity contribution in [3.05, 3.63) is 40.5 Å². The van der Waals surface area contributed by atoms with Crippen LogP contribution in [0.15, 0.2) is 27.8 Å². The molecule has 1 aliphatic rings. The molecule has 7 heteroatoms. The molecule has 0 unspecified atom stereocenters. The van der Waals surface area contributed by atoms with Gasteiger partial charge in [-0.15, -0.1) is 10.2 Å². The molecule has 1 saturated heterocycles. The Balaban J connectivity index is 1.59. The number of halogens is 2. The van der Waals surface area contributed by atoms with Crippen molar-refractivity contribution in [1.29, 1.82) is 0 Å². The molecule has 0 saturated carbocycles. The third-order valence-electron chi connectivity index (χ3n) is 3.50. The number of hydrogen-bond donors (Lipinski definition) is 0. The summed E-state index contributed by atoms with van der Waals surface area (Å²) < 4.78 is 24.9. The van der Waals surface area contributed by atoms with Crippen LogP contribution in [0.1, 0.15) is 30.7 Å². The van der Waals surface area contributed by atoms with Gasteiger partial charge in [-0.2, -0.15) is 0 Å². The third kappa shape index (κ3) is 4.00. The molecule has 2 aromatic rings. The lowest BCUT2D eigenvalue weighted by atomic mass is 10.1. The first-order chi connectivity index (χ1) is 10.7. The van der Waals surface area contributed by atoms with Crippen molar-refractivity contribution in [3.8, 4) is 0 Å². The fraction of sp³-hybridized carbons (Fsp3) is 0.467. The molecule has 118 valence electrons. The molecular formula is C15H16ClFN2O2S. The maximum Gasteiger partial charge on any atom is 0.276 e. The lowest BCUT2D eigenvalue weighted by molar-refractivity contribution is 0.0314. The van der Waals surface area contributed by atoms with Crippen LogP contribution in [0.3, 0.4) is 0 Å². The number of thioether (sulfide) groups is 1. The number of hydrogen-bond acceptors (Lipinski definition) is 5. The van der Waals surface area contributed by atoms with Gasteiger partial charge in [0.15, 0.2) is 0 Å². The van der Waals surface area contributed by atoms with E-state index >= 15 is 0 Å². The third-order valence-corrected chi connectivity index (χ3v) is 4.81. The first-order valence-electron chi connectivity index (χ1n) is 7.22. The summed E-state index contributed by atoms with van der Waals surface area (Å²) in [6.45, 7) is 0.825. The zero-order chi connectivity index (χ0) is 15.4. The molecule has 3 rings (SSSR count). The van der Waals surface area contributed by atoms with Crippen molar-refractivity contribution in [2.45, 2.75) is 37.0 Å². The van der Waals surface area contributed by atoms with Crippen molar-refractivity contribution in [3.63, 3.8) is 0 Å². The molecule has 2 heterocycles. The number of ether oxygens (including phenoxy) is 1. The van der Waals surface area contributed by atoms with Crippen LogP contribution in [-0.2, 0) is 11.2 Å². The van der Waals surface area contributed by atoms with Crippen molar-refractivity contribution >= 4 is 23.4 Å². The van der Waals surface area contributed by atoms with E-state index in [0.717, 1.165) is 25.2 Å². The van der Waals surface area contributed by atoms with Crippen LogP contribution in [0.25, 0.3) is 0 Å². The molecule has 0 bridgehead atoms. The number of nitrogens with zero attached hydrogens (tertiary/aromatic N) is 2. The highest BCUT2D eigenvalue weighted by molar-refractivity contribution is 7.99. The molecule has 0 aliphatic carbocycles. The number of rotatable bonds is 5. The highest BCUT2D eigenvalue weighted by Gasteiger charge is 2.17. The summed E-state index contributed by atoms with van der Waals surface area (Å²) >= 11 is 7.47. The Hall–Kier alpha value is -1.11. The van der Waals surface area contributed by atoms with Crippen molar-refractivity contribution < 1.29 is 13.5 Å². The van der Waals surface area contributed by atoms with E-state index in [1.807, 2.05) is 0 Å². The van der Waals surface area contributed by atoms with Gasteiger partial charge in [-0.25, -0.2) is 4.39 Å². The van der Waals surface area contributed by atoms with E-state index in [1.165, 1.54) is 24.2 Å². The fourth-order valence-corrected chi connectivity index (χ4v) is 3.40. The van der Waals surface area contributed by atoms with Gasteiger partial charge in [0, 0.05) is 22.9 Å². The fourth-order valence-electron chi connectivity index (χ4n) is 2.32. The molecule has 0 N–H and O–H groups in total. The molecule has 1 atom stereocenters. The lowest BCUT2D eigenvalue weighted by Crippen LogP contribution is -2.21. The van der Waals surface area contributed by atoms with Gasteiger partial charge in [0.1, 0.15) is 5.82 Å². The molecule has 0 amide bonds. The lowest BCUT2D eigenvalue weighted by Gasteiger charge is -2.21. The van der Waals surface area contributed by atoms with Gasteiger partial charge in [-0.05, 0) is 31.4 Å². The van der Waals surface area contributed by atoms with Crippen LogP contribution >= 0.6 is 23.4 Å². The number of aromatic nitrogens is 2. The molecule has 1 aromatic heterocycles. The van der Waals surface area contributed by atoms with Gasteiger partial charge in [-0.3, -0.25) is 0 Å². The van der Waals surface area contributed by atoms with E-state index in [2.05, 4.69) is 10.2 Å². The predicted octanol–water partition coefficient (Wildman–Crippen LogP) is 4.11. The van der Waals surface area contributed by atoms with Gasteiger partial charge in [0.05, 0.1) is 12.5 Å². The Morgan fingerprint density at radius 2 is 2.23 bits per heavy atom. The summed E-state index contributed by atoms with van der Waals surface area (Å²) in [7, 11) is 0. The zero-order valence-electron chi connectivity index (χ0n) is 11.9. The van der Waals surface area contributed by atoms with Crippen LogP contribution in [-0.4, -0.2) is 28.7 Å². The highest BCUT2D eigenvalue weighted by Crippen LogP contribution is 2.25. The van der Waals surface area contributed by atoms with Crippen LogP contribution in [0.2, 0.25) is 5.02 Å². The van der Waals surface area contributed by atoms with Gasteiger partial charge < -0.3 is 9.15 Å². The highest BCUT2D eigenvalue weighted by atomic mass is 35.5. The van der Waals surface area contributed by atoms with Crippen molar-refractivity contribution in [1.82, 2.24) is 10.2 Å². The minimum absolute atomic E-state index is 0.193. The van der Waals surface area contributed by atoms with E-state index in [9.17, 15) is 4.39 Å². The van der Waals surface area contributed by atoms with Crippen LogP contribution < -0.4 is 0 Å². The molecule has 1 aromatic carbocycles. The smallest absolute Gasteiger partial charge is 0.276 e. The van der Waals surface area contributed by atoms with Gasteiger partial charge >= 0.3 is 0 Å². The Kier molecular flexibility index (Phi) is 5.33. The zero-order valence-corrected chi connectivity index (χ0v) is 13.5. The van der Waals surface area contributed by atoms with Gasteiger partial charge in [0.2, 0.25) is 5.89 Å². The minimum Gasteiger partial charge on any atom is -0.416 e. The van der Waals surface area contributed by atoms with Crippen LogP contribution in [0, 0.1) is 5.82 Å². The SMILES string of the molecule is Fc1cccc(Cl)c1Cc1nnc(SC[C@@H]2CCCCO2)o1. The van der Waals surface area contributed by atoms with Crippen molar-refractivity contribution in [2.75, 3.05) is 12.4 Å². The van der Waals surface area contributed by atoms with Gasteiger partial charge in [-0.1, -0.05) is 29.4 Å². The summed E-state index contributed by atoms with van der Waals surface area (Å²) in [5, 5.41) is 8.78.